The average molecular weight is 496 g/mol. The van der Waals surface area contributed by atoms with Crippen molar-refractivity contribution in [2.24, 2.45) is 0 Å². The van der Waals surface area contributed by atoms with Gasteiger partial charge in [-0.15, -0.1) is 6.42 Å². The number of ether oxygens (including phenoxy) is 2. The molecular weight excluding hydrogens is 462 g/mol. The molecule has 0 N–H and O–H groups in total. The zero-order valence-electron chi connectivity index (χ0n) is 22.6. The molecule has 0 aromatic heterocycles. The molecule has 190 valence electrons. The summed E-state index contributed by atoms with van der Waals surface area (Å²) >= 11 is 0. The van der Waals surface area contributed by atoms with Crippen LogP contribution in [0.3, 0.4) is 0 Å². The second kappa shape index (κ2) is 9.78. The molecule has 3 aromatic rings. The number of fused-ring (bicyclic) bond motifs is 3. The number of nitrogens with zero attached hydrogens (tertiary/aromatic N) is 1. The highest BCUT2D eigenvalue weighted by atomic mass is 16.6. The van der Waals surface area contributed by atoms with Crippen LogP contribution in [-0.2, 0) is 9.47 Å². The zero-order valence-corrected chi connectivity index (χ0v) is 22.6. The minimum absolute atomic E-state index is 0.0523. The van der Waals surface area contributed by atoms with Crippen molar-refractivity contribution in [3.05, 3.63) is 87.5 Å². The molecule has 0 atom stereocenters. The highest BCUT2D eigenvalue weighted by Crippen LogP contribution is 2.44. The number of hydrogen-bond donors (Lipinski definition) is 0. The first kappa shape index (κ1) is 26.0. The van der Waals surface area contributed by atoms with Crippen LogP contribution in [0.1, 0.15) is 70.4 Å². The number of benzene rings is 3. The number of carbonyl (C=O) groups excluding carboxylic acids is 2. The highest BCUT2D eigenvalue weighted by Gasteiger charge is 2.31. The van der Waals surface area contributed by atoms with Gasteiger partial charge in [0.25, 0.3) is 0 Å². The Kier molecular flexibility index (Phi) is 6.88. The third-order valence-corrected chi connectivity index (χ3v) is 6.90. The summed E-state index contributed by atoms with van der Waals surface area (Å²) in [6, 6.07) is 16.4. The molecule has 0 radical (unpaired) electrons. The summed E-state index contributed by atoms with van der Waals surface area (Å²) in [5.41, 5.74) is 7.47. The molecule has 0 saturated carbocycles. The number of rotatable bonds is 4. The number of amides is 1. The van der Waals surface area contributed by atoms with Gasteiger partial charge >= 0.3 is 12.1 Å². The van der Waals surface area contributed by atoms with Crippen LogP contribution in [0.2, 0.25) is 0 Å². The highest BCUT2D eigenvalue weighted by molar-refractivity contribution is 5.99. The quantitative estimate of drug-likeness (QED) is 0.291. The molecular formula is C32H33NO4. The predicted octanol–water partition coefficient (Wildman–Crippen LogP) is 6.93. The van der Waals surface area contributed by atoms with Gasteiger partial charge in [0.05, 0.1) is 11.3 Å². The SMILES string of the molecule is C#Cc1c(C)c(C(=O)OC(C)(C)C)c(C)c(N(C)C(=O)OCC2c3ccccc3-c3ccccc32)c1C. The van der Waals surface area contributed by atoms with Crippen molar-refractivity contribution in [1.29, 1.82) is 0 Å². The Hall–Kier alpha value is -4.04. The van der Waals surface area contributed by atoms with Gasteiger partial charge in [-0.05, 0) is 80.5 Å². The molecule has 4 rings (SSSR count). The van der Waals surface area contributed by atoms with E-state index >= 15 is 0 Å². The summed E-state index contributed by atoms with van der Waals surface area (Å²) in [6.07, 6.45) is 5.32. The summed E-state index contributed by atoms with van der Waals surface area (Å²) in [5.74, 6) is 2.17. The Morgan fingerprint density at radius 3 is 1.97 bits per heavy atom. The van der Waals surface area contributed by atoms with Crippen LogP contribution in [0.15, 0.2) is 48.5 Å². The normalized spacial score (nSPS) is 12.4. The molecule has 0 unspecified atom stereocenters. The molecule has 1 aliphatic carbocycles. The van der Waals surface area contributed by atoms with Crippen LogP contribution in [0.25, 0.3) is 11.1 Å². The molecule has 5 nitrogen and oxygen atoms in total. The van der Waals surface area contributed by atoms with Crippen molar-refractivity contribution in [3.63, 3.8) is 0 Å². The van der Waals surface area contributed by atoms with E-state index in [9.17, 15) is 9.59 Å². The van der Waals surface area contributed by atoms with Crippen molar-refractivity contribution in [1.82, 2.24) is 0 Å². The zero-order chi connectivity index (χ0) is 27.1. The number of carbonyl (C=O) groups is 2. The average Bonchev–Trinajstić information content (AvgIpc) is 3.15. The fraction of sp³-hybridized carbons (Fsp3) is 0.312. The minimum atomic E-state index is -0.671. The molecule has 0 fully saturated rings. The topological polar surface area (TPSA) is 55.8 Å². The Bertz CT molecular complexity index is 1390. The largest absolute Gasteiger partial charge is 0.456 e. The second-order valence-electron chi connectivity index (χ2n) is 10.5. The van der Waals surface area contributed by atoms with E-state index in [1.807, 2.05) is 65.8 Å². The van der Waals surface area contributed by atoms with Crippen molar-refractivity contribution in [2.75, 3.05) is 18.6 Å². The van der Waals surface area contributed by atoms with Gasteiger partial charge in [0.1, 0.15) is 12.2 Å². The van der Waals surface area contributed by atoms with Crippen LogP contribution in [0.5, 0.6) is 0 Å². The van der Waals surface area contributed by atoms with Crippen LogP contribution in [-0.4, -0.2) is 31.3 Å². The van der Waals surface area contributed by atoms with Gasteiger partial charge in [-0.3, -0.25) is 4.90 Å². The van der Waals surface area contributed by atoms with E-state index in [4.69, 9.17) is 15.9 Å². The Morgan fingerprint density at radius 1 is 0.919 bits per heavy atom. The maximum Gasteiger partial charge on any atom is 0.414 e. The maximum absolute atomic E-state index is 13.4. The van der Waals surface area contributed by atoms with Crippen molar-refractivity contribution in [2.45, 2.75) is 53.1 Å². The second-order valence-corrected chi connectivity index (χ2v) is 10.5. The Morgan fingerprint density at radius 2 is 1.46 bits per heavy atom. The van der Waals surface area contributed by atoms with E-state index < -0.39 is 17.7 Å². The molecule has 37 heavy (non-hydrogen) atoms. The molecule has 3 aromatic carbocycles. The fourth-order valence-electron chi connectivity index (χ4n) is 5.34. The van der Waals surface area contributed by atoms with Crippen molar-refractivity contribution in [3.8, 4) is 23.5 Å². The van der Waals surface area contributed by atoms with E-state index in [-0.39, 0.29) is 12.5 Å². The van der Waals surface area contributed by atoms with Crippen molar-refractivity contribution >= 4 is 17.7 Å². The van der Waals surface area contributed by atoms with E-state index in [2.05, 4.69) is 30.2 Å². The number of anilines is 1. The Labute approximate surface area is 219 Å². The Balaban J connectivity index is 1.65. The molecule has 0 aliphatic heterocycles. The predicted molar refractivity (Wildman–Crippen MR) is 147 cm³/mol. The first-order chi connectivity index (χ1) is 17.5. The third-order valence-electron chi connectivity index (χ3n) is 6.90. The maximum atomic E-state index is 13.4. The lowest BCUT2D eigenvalue weighted by molar-refractivity contribution is 0.00678. The van der Waals surface area contributed by atoms with Crippen molar-refractivity contribution < 1.29 is 19.1 Å². The van der Waals surface area contributed by atoms with Crippen LogP contribution < -0.4 is 4.90 Å². The summed E-state index contributed by atoms with van der Waals surface area (Å²) in [6.45, 7) is 11.1. The standard InChI is InChI=1S/C32H33NO4/c1-9-22-19(2)28(30(34)37-32(5,6)7)21(4)29(20(22)3)33(8)31(35)36-18-27-25-16-12-10-14-23(25)24-15-11-13-17-26(24)27/h1,10-17,27H,18H2,2-8H3. The summed E-state index contributed by atoms with van der Waals surface area (Å²) in [4.78, 5) is 27.9. The molecule has 0 spiro atoms. The van der Waals surface area contributed by atoms with E-state index in [0.717, 1.165) is 16.7 Å². The first-order valence-electron chi connectivity index (χ1n) is 12.4. The number of esters is 1. The van der Waals surface area contributed by atoms with E-state index in [1.54, 1.807) is 7.05 Å². The lowest BCUT2D eigenvalue weighted by atomic mass is 9.91. The van der Waals surface area contributed by atoms with Gasteiger partial charge in [-0.25, -0.2) is 9.59 Å². The molecule has 0 heterocycles. The van der Waals surface area contributed by atoms with E-state index in [0.29, 0.717) is 27.9 Å². The lowest BCUT2D eigenvalue weighted by Gasteiger charge is -2.27. The molecule has 0 saturated heterocycles. The van der Waals surface area contributed by atoms with Gasteiger partial charge in [0, 0.05) is 18.5 Å². The smallest absolute Gasteiger partial charge is 0.414 e. The minimum Gasteiger partial charge on any atom is -0.456 e. The summed E-state index contributed by atoms with van der Waals surface area (Å²) < 4.78 is 11.5. The number of terminal acetylenes is 1. The van der Waals surface area contributed by atoms with Crippen LogP contribution >= 0.6 is 0 Å². The van der Waals surface area contributed by atoms with Gasteiger partial charge in [0.2, 0.25) is 0 Å². The number of hydrogen-bond acceptors (Lipinski definition) is 4. The molecule has 1 aliphatic rings. The lowest BCUT2D eigenvalue weighted by Crippen LogP contribution is -2.31. The molecule has 0 bridgehead atoms. The van der Waals surface area contributed by atoms with Gasteiger partial charge in [-0.1, -0.05) is 54.5 Å². The third kappa shape index (κ3) is 4.72. The molecule has 1 amide bonds. The van der Waals surface area contributed by atoms with Crippen LogP contribution in [0.4, 0.5) is 10.5 Å². The monoisotopic (exact) mass is 495 g/mol. The summed E-state index contributed by atoms with van der Waals surface area (Å²) in [5, 5.41) is 0. The van der Waals surface area contributed by atoms with Gasteiger partial charge in [-0.2, -0.15) is 0 Å². The van der Waals surface area contributed by atoms with E-state index in [1.165, 1.54) is 16.0 Å². The molecule has 5 heteroatoms. The van der Waals surface area contributed by atoms with Gasteiger partial charge < -0.3 is 9.47 Å². The first-order valence-corrected chi connectivity index (χ1v) is 12.4. The fourth-order valence-corrected chi connectivity index (χ4v) is 5.34. The van der Waals surface area contributed by atoms with Crippen LogP contribution in [0, 0.1) is 33.1 Å². The summed E-state index contributed by atoms with van der Waals surface area (Å²) in [7, 11) is 1.64. The van der Waals surface area contributed by atoms with Gasteiger partial charge in [0.15, 0.2) is 0 Å².